The van der Waals surface area contributed by atoms with Crippen LogP contribution in [0.15, 0.2) is 41.5 Å². The summed E-state index contributed by atoms with van der Waals surface area (Å²) in [6.07, 6.45) is 12.4. The Morgan fingerprint density at radius 3 is 2.25 bits per heavy atom. The van der Waals surface area contributed by atoms with E-state index in [4.69, 9.17) is 19.4 Å². The van der Waals surface area contributed by atoms with E-state index in [1.807, 2.05) is 6.08 Å². The van der Waals surface area contributed by atoms with Gasteiger partial charge in [0, 0.05) is 69.8 Å². The maximum atomic E-state index is 14.3. The summed E-state index contributed by atoms with van der Waals surface area (Å²) in [7, 11) is 0. The van der Waals surface area contributed by atoms with Gasteiger partial charge in [-0.15, -0.1) is 0 Å². The van der Waals surface area contributed by atoms with E-state index in [2.05, 4.69) is 58.6 Å². The molecule has 48 heavy (non-hydrogen) atoms. The number of carbonyl (C=O) groups is 2. The van der Waals surface area contributed by atoms with Crippen LogP contribution in [-0.2, 0) is 19.1 Å². The number of Topliss-reactive ketones (excluding diaryl/α,β-unsaturated/α-hetero) is 1. The molecule has 0 aromatic carbocycles. The van der Waals surface area contributed by atoms with Gasteiger partial charge in [0.1, 0.15) is 11.6 Å². The Kier molecular flexibility index (Phi) is 8.48. The molecular formula is C38H52N6O4. The molecule has 4 aliphatic carbocycles. The lowest BCUT2D eigenvalue weighted by molar-refractivity contribution is -0.129. The van der Waals surface area contributed by atoms with Crippen LogP contribution in [0.1, 0.15) is 46.5 Å². The molecule has 7 aliphatic rings. The second kappa shape index (κ2) is 12.7. The number of aromatic nitrogens is 2. The summed E-state index contributed by atoms with van der Waals surface area (Å²) in [5.74, 6) is 4.74. The summed E-state index contributed by atoms with van der Waals surface area (Å²) >= 11 is 0. The number of hydrogen-bond acceptors (Lipinski definition) is 10. The predicted molar refractivity (Wildman–Crippen MR) is 186 cm³/mol. The van der Waals surface area contributed by atoms with Crippen LogP contribution in [0.2, 0.25) is 0 Å². The minimum Gasteiger partial charge on any atom is -0.378 e. The molecule has 3 aliphatic heterocycles. The Labute approximate surface area is 285 Å². The van der Waals surface area contributed by atoms with E-state index in [0.29, 0.717) is 56.5 Å². The summed E-state index contributed by atoms with van der Waals surface area (Å²) in [5, 5.41) is 0. The van der Waals surface area contributed by atoms with Gasteiger partial charge < -0.3 is 24.2 Å². The predicted octanol–water partition coefficient (Wildman–Crippen LogP) is 3.93. The number of nitrogens with zero attached hydrogens (tertiary/aromatic N) is 6. The highest BCUT2D eigenvalue weighted by Gasteiger charge is 2.59. The van der Waals surface area contributed by atoms with E-state index in [-0.39, 0.29) is 22.5 Å². The molecule has 6 atom stereocenters. The van der Waals surface area contributed by atoms with E-state index < -0.39 is 0 Å². The SMILES string of the molecule is CC1C[C@H]2[C@@H]3CCC4=CC(=O)C=C[C@]4(C)C3=CC[C@]2(C)[C@H]1C(=O)CN1CCN(c2cc(N3CCOCC3)nc(N3CCOCC3)n2)CC1. The van der Waals surface area contributed by atoms with Crippen LogP contribution < -0.4 is 14.7 Å². The monoisotopic (exact) mass is 656 g/mol. The third kappa shape index (κ3) is 5.61. The molecule has 0 bridgehead atoms. The first-order valence-electron chi connectivity index (χ1n) is 18.4. The van der Waals surface area contributed by atoms with E-state index in [1.54, 1.807) is 6.08 Å². The zero-order chi connectivity index (χ0) is 33.0. The van der Waals surface area contributed by atoms with Gasteiger partial charge >= 0.3 is 0 Å². The average molecular weight is 657 g/mol. The highest BCUT2D eigenvalue weighted by atomic mass is 16.5. The summed E-state index contributed by atoms with van der Waals surface area (Å²) in [6, 6.07) is 2.15. The van der Waals surface area contributed by atoms with Crippen LogP contribution in [0.25, 0.3) is 0 Å². The lowest BCUT2D eigenvalue weighted by Gasteiger charge is -2.52. The van der Waals surface area contributed by atoms with Crippen LogP contribution in [0, 0.1) is 34.5 Å². The third-order valence-electron chi connectivity index (χ3n) is 13.0. The fourth-order valence-electron chi connectivity index (χ4n) is 10.5. The van der Waals surface area contributed by atoms with Gasteiger partial charge in [-0.3, -0.25) is 14.5 Å². The van der Waals surface area contributed by atoms with Crippen LogP contribution in [0.5, 0.6) is 0 Å². The number of ketones is 2. The molecule has 258 valence electrons. The Morgan fingerprint density at radius 2 is 1.56 bits per heavy atom. The molecule has 4 heterocycles. The number of fused-ring (bicyclic) bond motifs is 5. The van der Waals surface area contributed by atoms with Crippen LogP contribution >= 0.6 is 0 Å². The maximum Gasteiger partial charge on any atom is 0.229 e. The molecule has 0 amide bonds. The normalized spacial score (nSPS) is 35.5. The van der Waals surface area contributed by atoms with E-state index >= 15 is 0 Å². The molecule has 8 rings (SSSR count). The van der Waals surface area contributed by atoms with Crippen molar-refractivity contribution in [1.82, 2.24) is 14.9 Å². The molecule has 10 nitrogen and oxygen atoms in total. The Balaban J connectivity index is 0.946. The van der Waals surface area contributed by atoms with Gasteiger partial charge in [0.15, 0.2) is 11.6 Å². The van der Waals surface area contributed by atoms with Crippen molar-refractivity contribution in [1.29, 1.82) is 0 Å². The van der Waals surface area contributed by atoms with E-state index in [1.165, 1.54) is 11.1 Å². The number of carbonyl (C=O) groups excluding carboxylic acids is 2. The number of ether oxygens (including phenoxy) is 2. The molecule has 1 unspecified atom stereocenters. The number of piperazine rings is 1. The smallest absolute Gasteiger partial charge is 0.229 e. The molecule has 1 aromatic rings. The standard InChI is InChI=1S/C38H52N6O4/c1-26-22-31-29-5-4-27-23-28(45)6-8-37(27,2)30(29)7-9-38(31,3)35(26)32(46)25-41-10-12-42(13-11-41)33-24-34(43-14-18-47-19-15-43)40-36(39-33)44-16-20-48-21-17-44/h6-8,23-24,26,29,31,35H,4-5,9-22,25H2,1-3H3/t26?,29-,31+,35-,37+,38+/m1/s1. The number of anilines is 3. The number of morpholine rings is 2. The van der Waals surface area contributed by atoms with Crippen LogP contribution in [0.3, 0.4) is 0 Å². The Hall–Kier alpha value is -3.08. The first-order chi connectivity index (χ1) is 23.2. The summed E-state index contributed by atoms with van der Waals surface area (Å²) < 4.78 is 11.2. The molecule has 0 N–H and O–H groups in total. The second-order valence-corrected chi connectivity index (χ2v) is 15.7. The van der Waals surface area contributed by atoms with Crippen LogP contribution in [-0.4, -0.2) is 112 Å². The summed E-state index contributed by atoms with van der Waals surface area (Å²) in [6.45, 7) is 17.0. The molecule has 1 aromatic heterocycles. The Bertz CT molecular complexity index is 1480. The first kappa shape index (κ1) is 32.1. The van der Waals surface area contributed by atoms with Crippen molar-refractivity contribution in [3.8, 4) is 0 Å². The van der Waals surface area contributed by atoms with E-state index in [9.17, 15) is 9.59 Å². The van der Waals surface area contributed by atoms with Crippen molar-refractivity contribution >= 4 is 29.2 Å². The van der Waals surface area contributed by atoms with Crippen LogP contribution in [0.4, 0.5) is 17.6 Å². The molecule has 2 saturated carbocycles. The summed E-state index contributed by atoms with van der Waals surface area (Å²) in [4.78, 5) is 45.8. The topological polar surface area (TPSA) is 91.3 Å². The molecule has 3 saturated heterocycles. The van der Waals surface area contributed by atoms with Gasteiger partial charge in [-0.2, -0.15) is 9.97 Å². The first-order valence-corrected chi connectivity index (χ1v) is 18.4. The maximum absolute atomic E-state index is 14.3. The van der Waals surface area contributed by atoms with Gasteiger partial charge in [0.25, 0.3) is 0 Å². The van der Waals surface area contributed by atoms with Crippen molar-refractivity contribution in [2.75, 3.05) is 100 Å². The minimum absolute atomic E-state index is 0.00892. The number of rotatable bonds is 6. The lowest BCUT2D eigenvalue weighted by Crippen LogP contribution is -2.51. The third-order valence-corrected chi connectivity index (χ3v) is 13.0. The zero-order valence-corrected chi connectivity index (χ0v) is 29.0. The van der Waals surface area contributed by atoms with Crippen molar-refractivity contribution < 1.29 is 19.1 Å². The van der Waals surface area contributed by atoms with Gasteiger partial charge in [-0.1, -0.05) is 37.1 Å². The fourth-order valence-corrected chi connectivity index (χ4v) is 10.5. The highest BCUT2D eigenvalue weighted by Crippen LogP contribution is 2.65. The fraction of sp³-hybridized carbons (Fsp3) is 0.684. The number of allylic oxidation sites excluding steroid dienone is 6. The Morgan fingerprint density at radius 1 is 0.917 bits per heavy atom. The number of hydrogen-bond donors (Lipinski definition) is 0. The molecule has 10 heteroatoms. The van der Waals surface area contributed by atoms with Gasteiger partial charge in [-0.25, -0.2) is 0 Å². The highest BCUT2D eigenvalue weighted by molar-refractivity contribution is 6.01. The molecule has 0 spiro atoms. The van der Waals surface area contributed by atoms with Gasteiger partial charge in [0.2, 0.25) is 5.95 Å². The van der Waals surface area contributed by atoms with Gasteiger partial charge in [0.05, 0.1) is 33.0 Å². The summed E-state index contributed by atoms with van der Waals surface area (Å²) in [5.41, 5.74) is 2.63. The van der Waals surface area contributed by atoms with E-state index in [0.717, 1.165) is 95.6 Å². The van der Waals surface area contributed by atoms with Crippen molar-refractivity contribution in [2.45, 2.75) is 46.5 Å². The minimum atomic E-state index is -0.140. The van der Waals surface area contributed by atoms with Crippen molar-refractivity contribution in [2.24, 2.45) is 34.5 Å². The molecule has 5 fully saturated rings. The zero-order valence-electron chi connectivity index (χ0n) is 29.0. The average Bonchev–Trinajstić information content (AvgIpc) is 3.39. The second-order valence-electron chi connectivity index (χ2n) is 15.7. The largest absolute Gasteiger partial charge is 0.378 e. The molecular weight excluding hydrogens is 604 g/mol. The van der Waals surface area contributed by atoms with Crippen molar-refractivity contribution in [3.63, 3.8) is 0 Å². The van der Waals surface area contributed by atoms with Gasteiger partial charge in [-0.05, 0) is 67.9 Å². The molecule has 0 radical (unpaired) electrons. The lowest BCUT2D eigenvalue weighted by atomic mass is 9.52. The van der Waals surface area contributed by atoms with Crippen molar-refractivity contribution in [3.05, 3.63) is 41.5 Å². The quantitative estimate of drug-likeness (QED) is 0.420.